The number of nitrogens with zero attached hydrogens (tertiary/aromatic N) is 3. The number of methoxy groups -OCH3 is 1. The molecule has 0 amide bonds. The number of halogens is 1. The fourth-order valence-corrected chi connectivity index (χ4v) is 1.84. The molecule has 0 fully saturated rings. The summed E-state index contributed by atoms with van der Waals surface area (Å²) in [6.07, 6.45) is 1.09. The Labute approximate surface area is 117 Å². The van der Waals surface area contributed by atoms with Crippen molar-refractivity contribution in [2.24, 2.45) is 0 Å². The summed E-state index contributed by atoms with van der Waals surface area (Å²) < 4.78 is 5.35. The lowest BCUT2D eigenvalue weighted by Crippen LogP contribution is -1.99. The van der Waals surface area contributed by atoms with E-state index >= 15 is 0 Å². The Morgan fingerprint density at radius 3 is 2.63 bits per heavy atom. The maximum absolute atomic E-state index is 10.9. The maximum Gasteiger partial charge on any atom is 0.294 e. The van der Waals surface area contributed by atoms with Crippen LogP contribution in [0.25, 0.3) is 0 Å². The van der Waals surface area contributed by atoms with E-state index in [1.54, 1.807) is 12.1 Å². The van der Waals surface area contributed by atoms with Gasteiger partial charge in [-0.3, -0.25) is 10.1 Å². The van der Waals surface area contributed by atoms with Crippen LogP contribution in [0.2, 0.25) is 0 Å². The predicted molar refractivity (Wildman–Crippen MR) is 70.3 cm³/mol. The SMILES string of the molecule is COc1ccc([N+](=O)[O-])c(NC=C(C#N)C#N)c1Br. The van der Waals surface area contributed by atoms with E-state index in [0.29, 0.717) is 10.2 Å². The number of benzene rings is 1. The first kappa shape index (κ1) is 14.5. The van der Waals surface area contributed by atoms with E-state index in [0.717, 1.165) is 6.20 Å². The molecule has 0 aliphatic carbocycles. The average molecular weight is 323 g/mol. The highest BCUT2D eigenvalue weighted by atomic mass is 79.9. The number of nitriles is 2. The van der Waals surface area contributed by atoms with Crippen LogP contribution in [0, 0.1) is 32.8 Å². The molecule has 0 saturated heterocycles. The van der Waals surface area contributed by atoms with Crippen LogP contribution in [-0.4, -0.2) is 12.0 Å². The monoisotopic (exact) mass is 322 g/mol. The van der Waals surface area contributed by atoms with Gasteiger partial charge in [-0.05, 0) is 22.0 Å². The number of rotatable bonds is 4. The summed E-state index contributed by atoms with van der Waals surface area (Å²) >= 11 is 3.17. The maximum atomic E-state index is 10.9. The molecule has 0 spiro atoms. The molecule has 0 aromatic heterocycles. The Bertz CT molecular complexity index is 612. The molecule has 0 radical (unpaired) electrons. The molecule has 0 unspecified atom stereocenters. The molecule has 19 heavy (non-hydrogen) atoms. The standard InChI is InChI=1S/C11H7BrN4O3/c1-19-9-3-2-8(16(17)18)11(10(9)12)15-6-7(4-13)5-14/h2-3,6,15H,1H3. The van der Waals surface area contributed by atoms with Gasteiger partial charge in [-0.25, -0.2) is 0 Å². The molecule has 1 aromatic rings. The van der Waals surface area contributed by atoms with Gasteiger partial charge in [0, 0.05) is 12.3 Å². The van der Waals surface area contributed by atoms with Crippen molar-refractivity contribution < 1.29 is 9.66 Å². The van der Waals surface area contributed by atoms with Gasteiger partial charge in [-0.15, -0.1) is 0 Å². The van der Waals surface area contributed by atoms with Gasteiger partial charge in [0.15, 0.2) is 0 Å². The van der Waals surface area contributed by atoms with Crippen LogP contribution in [0.1, 0.15) is 0 Å². The lowest BCUT2D eigenvalue weighted by Gasteiger charge is -2.09. The molecule has 0 bridgehead atoms. The van der Waals surface area contributed by atoms with Gasteiger partial charge in [-0.2, -0.15) is 10.5 Å². The van der Waals surface area contributed by atoms with Crippen LogP contribution in [0.3, 0.4) is 0 Å². The molecule has 1 N–H and O–H groups in total. The molecule has 0 aliphatic heterocycles. The molecule has 0 saturated carbocycles. The number of nitro groups is 1. The molecular weight excluding hydrogens is 316 g/mol. The molecule has 0 atom stereocenters. The minimum Gasteiger partial charge on any atom is -0.495 e. The molecular formula is C11H7BrN4O3. The number of nitro benzene ring substituents is 1. The Kier molecular flexibility index (Phi) is 4.86. The number of allylic oxidation sites excluding steroid dienone is 1. The number of anilines is 1. The zero-order chi connectivity index (χ0) is 14.4. The van der Waals surface area contributed by atoms with Crippen LogP contribution >= 0.6 is 15.9 Å². The van der Waals surface area contributed by atoms with Gasteiger partial charge in [-0.1, -0.05) is 0 Å². The van der Waals surface area contributed by atoms with Crippen LogP contribution in [0.4, 0.5) is 11.4 Å². The lowest BCUT2D eigenvalue weighted by atomic mass is 10.2. The Morgan fingerprint density at radius 1 is 1.53 bits per heavy atom. The molecule has 96 valence electrons. The third-order valence-corrected chi connectivity index (χ3v) is 2.89. The number of ether oxygens (including phenoxy) is 1. The summed E-state index contributed by atoms with van der Waals surface area (Å²) in [4.78, 5) is 10.3. The highest BCUT2D eigenvalue weighted by Gasteiger charge is 2.19. The van der Waals surface area contributed by atoms with Crippen LogP contribution in [-0.2, 0) is 0 Å². The van der Waals surface area contributed by atoms with E-state index in [1.807, 2.05) is 0 Å². The first-order valence-electron chi connectivity index (χ1n) is 4.83. The molecule has 0 aliphatic rings. The minimum absolute atomic E-state index is 0.104. The fourth-order valence-electron chi connectivity index (χ4n) is 1.23. The van der Waals surface area contributed by atoms with Crippen molar-refractivity contribution in [3.63, 3.8) is 0 Å². The van der Waals surface area contributed by atoms with Crippen molar-refractivity contribution in [1.29, 1.82) is 10.5 Å². The third kappa shape index (κ3) is 3.21. The second kappa shape index (κ2) is 6.38. The van der Waals surface area contributed by atoms with E-state index in [9.17, 15) is 10.1 Å². The first-order chi connectivity index (χ1) is 9.04. The van der Waals surface area contributed by atoms with Gasteiger partial charge in [0.05, 0.1) is 16.5 Å². The summed E-state index contributed by atoms with van der Waals surface area (Å²) in [7, 11) is 1.42. The number of hydrogen-bond acceptors (Lipinski definition) is 6. The van der Waals surface area contributed by atoms with Crippen molar-refractivity contribution in [1.82, 2.24) is 0 Å². The summed E-state index contributed by atoms with van der Waals surface area (Å²) in [6, 6.07) is 5.98. The summed E-state index contributed by atoms with van der Waals surface area (Å²) in [6.45, 7) is 0. The third-order valence-electron chi connectivity index (χ3n) is 2.10. The molecule has 0 heterocycles. The lowest BCUT2D eigenvalue weighted by molar-refractivity contribution is -0.384. The van der Waals surface area contributed by atoms with E-state index < -0.39 is 4.92 Å². The predicted octanol–water partition coefficient (Wildman–Crippen LogP) is 2.71. The highest BCUT2D eigenvalue weighted by molar-refractivity contribution is 9.10. The van der Waals surface area contributed by atoms with Gasteiger partial charge in [0.1, 0.15) is 29.1 Å². The first-order valence-corrected chi connectivity index (χ1v) is 5.62. The molecule has 8 heteroatoms. The molecule has 7 nitrogen and oxygen atoms in total. The Hall–Kier alpha value is -2.58. The van der Waals surface area contributed by atoms with Crippen LogP contribution in [0.15, 0.2) is 28.4 Å². The van der Waals surface area contributed by atoms with Crippen molar-refractivity contribution in [3.8, 4) is 17.9 Å². The van der Waals surface area contributed by atoms with Gasteiger partial charge >= 0.3 is 0 Å². The minimum atomic E-state index is -0.585. The van der Waals surface area contributed by atoms with Crippen molar-refractivity contribution in [3.05, 3.63) is 38.5 Å². The quantitative estimate of drug-likeness (QED) is 0.518. The summed E-state index contributed by atoms with van der Waals surface area (Å²) in [5.74, 6) is 0.386. The van der Waals surface area contributed by atoms with E-state index in [4.69, 9.17) is 15.3 Å². The smallest absolute Gasteiger partial charge is 0.294 e. The van der Waals surface area contributed by atoms with Gasteiger partial charge in [0.2, 0.25) is 0 Å². The number of hydrogen-bond donors (Lipinski definition) is 1. The van der Waals surface area contributed by atoms with Gasteiger partial charge < -0.3 is 10.1 Å². The normalized spacial score (nSPS) is 8.84. The van der Waals surface area contributed by atoms with Crippen molar-refractivity contribution >= 4 is 27.3 Å². The fraction of sp³-hybridized carbons (Fsp3) is 0.0909. The largest absolute Gasteiger partial charge is 0.495 e. The van der Waals surface area contributed by atoms with Crippen LogP contribution in [0.5, 0.6) is 5.75 Å². The Morgan fingerprint density at radius 2 is 2.16 bits per heavy atom. The van der Waals surface area contributed by atoms with E-state index in [2.05, 4.69) is 21.2 Å². The van der Waals surface area contributed by atoms with Crippen molar-refractivity contribution in [2.45, 2.75) is 0 Å². The summed E-state index contributed by atoms with van der Waals surface area (Å²) in [5, 5.41) is 30.7. The average Bonchev–Trinajstić information content (AvgIpc) is 2.40. The summed E-state index contributed by atoms with van der Waals surface area (Å²) in [5.41, 5.74) is -0.310. The number of nitrogens with one attached hydrogen (secondary N) is 1. The van der Waals surface area contributed by atoms with Crippen molar-refractivity contribution in [2.75, 3.05) is 12.4 Å². The Balaban J connectivity index is 3.32. The zero-order valence-electron chi connectivity index (χ0n) is 9.68. The molecule has 1 aromatic carbocycles. The molecule has 1 rings (SSSR count). The highest BCUT2D eigenvalue weighted by Crippen LogP contribution is 2.39. The van der Waals surface area contributed by atoms with E-state index in [1.165, 1.54) is 19.2 Å². The topological polar surface area (TPSA) is 112 Å². The van der Waals surface area contributed by atoms with Gasteiger partial charge in [0.25, 0.3) is 5.69 Å². The second-order valence-electron chi connectivity index (χ2n) is 3.16. The van der Waals surface area contributed by atoms with E-state index in [-0.39, 0.29) is 16.9 Å². The zero-order valence-corrected chi connectivity index (χ0v) is 11.3. The second-order valence-corrected chi connectivity index (χ2v) is 3.95. The van der Waals surface area contributed by atoms with Crippen LogP contribution < -0.4 is 10.1 Å².